The topological polar surface area (TPSA) is 50.2 Å². The van der Waals surface area contributed by atoms with Gasteiger partial charge in [0.2, 0.25) is 0 Å². The van der Waals surface area contributed by atoms with Gasteiger partial charge in [0, 0.05) is 14.9 Å². The van der Waals surface area contributed by atoms with E-state index in [1.54, 1.807) is 11.3 Å². The first-order valence-electron chi connectivity index (χ1n) is 6.55. The number of hydrogen-bond acceptors (Lipinski definition) is 3. The molecule has 1 aromatic heterocycles. The number of nitrogens with zero attached hydrogens (tertiary/aromatic N) is 1. The van der Waals surface area contributed by atoms with Gasteiger partial charge in [-0.25, -0.2) is 4.98 Å². The van der Waals surface area contributed by atoms with E-state index in [1.807, 2.05) is 12.1 Å². The van der Waals surface area contributed by atoms with Crippen molar-refractivity contribution in [3.63, 3.8) is 0 Å². The van der Waals surface area contributed by atoms with Crippen molar-refractivity contribution in [2.45, 2.75) is 32.1 Å². The molecule has 0 fully saturated rings. The molecule has 0 saturated carbocycles. The molecule has 3 rings (SSSR count). The molecule has 20 heavy (non-hydrogen) atoms. The van der Waals surface area contributed by atoms with Crippen molar-refractivity contribution in [2.75, 3.05) is 0 Å². The Hall–Kier alpha value is -1.20. The molecule has 1 aliphatic carbocycles. The summed E-state index contributed by atoms with van der Waals surface area (Å²) >= 11 is 5.10. The third kappa shape index (κ3) is 2.40. The number of aromatic nitrogens is 1. The highest BCUT2D eigenvalue weighted by Gasteiger charge is 2.30. The Balaban J connectivity index is 2.07. The van der Waals surface area contributed by atoms with Crippen LogP contribution in [-0.4, -0.2) is 16.1 Å². The number of carboxylic acid groups (broad SMARTS) is 1. The summed E-state index contributed by atoms with van der Waals surface area (Å²) in [7, 11) is 0. The molecule has 1 aromatic carbocycles. The molecule has 0 aliphatic heterocycles. The van der Waals surface area contributed by atoms with Gasteiger partial charge in [-0.1, -0.05) is 22.0 Å². The number of carbonyl (C=O) groups is 1. The van der Waals surface area contributed by atoms with Crippen LogP contribution in [0.1, 0.15) is 34.9 Å². The summed E-state index contributed by atoms with van der Waals surface area (Å²) in [5.74, 6) is -1.19. The average Bonchev–Trinajstić information content (AvgIpc) is 2.81. The van der Waals surface area contributed by atoms with E-state index in [-0.39, 0.29) is 0 Å². The second kappa shape index (κ2) is 5.30. The first-order chi connectivity index (χ1) is 9.56. The van der Waals surface area contributed by atoms with E-state index in [9.17, 15) is 9.90 Å². The van der Waals surface area contributed by atoms with Crippen LogP contribution >= 0.6 is 27.3 Å². The monoisotopic (exact) mass is 351 g/mol. The number of benzene rings is 1. The summed E-state index contributed by atoms with van der Waals surface area (Å²) in [4.78, 5) is 17.1. The quantitative estimate of drug-likeness (QED) is 0.872. The van der Waals surface area contributed by atoms with E-state index >= 15 is 0 Å². The zero-order valence-corrected chi connectivity index (χ0v) is 13.4. The maximum absolute atomic E-state index is 11.3. The van der Waals surface area contributed by atoms with Crippen LogP contribution in [0, 0.1) is 6.92 Å². The lowest BCUT2D eigenvalue weighted by molar-refractivity contribution is -0.139. The zero-order valence-electron chi connectivity index (χ0n) is 11.0. The lowest BCUT2D eigenvalue weighted by Gasteiger charge is -2.16. The van der Waals surface area contributed by atoms with Crippen molar-refractivity contribution in [2.24, 2.45) is 0 Å². The molecule has 0 saturated heterocycles. The van der Waals surface area contributed by atoms with Gasteiger partial charge in [0.25, 0.3) is 0 Å². The normalized spacial score (nSPS) is 17.8. The first-order valence-corrected chi connectivity index (χ1v) is 8.16. The van der Waals surface area contributed by atoms with Crippen molar-refractivity contribution in [3.8, 4) is 10.6 Å². The lowest BCUT2D eigenvalue weighted by Crippen LogP contribution is -2.17. The maximum Gasteiger partial charge on any atom is 0.312 e. The third-order valence-electron chi connectivity index (χ3n) is 3.67. The van der Waals surface area contributed by atoms with E-state index < -0.39 is 11.9 Å². The van der Waals surface area contributed by atoms with Crippen molar-refractivity contribution in [1.82, 2.24) is 4.98 Å². The van der Waals surface area contributed by atoms with E-state index in [1.165, 1.54) is 0 Å². The van der Waals surface area contributed by atoms with E-state index in [2.05, 4.69) is 33.9 Å². The lowest BCUT2D eigenvalue weighted by atomic mass is 9.91. The summed E-state index contributed by atoms with van der Waals surface area (Å²) in [6, 6.07) is 6.10. The van der Waals surface area contributed by atoms with Gasteiger partial charge in [0.15, 0.2) is 0 Å². The van der Waals surface area contributed by atoms with Crippen LogP contribution in [-0.2, 0) is 11.2 Å². The molecule has 1 N–H and O–H groups in total. The summed E-state index contributed by atoms with van der Waals surface area (Å²) in [6.45, 7) is 2.05. The number of aliphatic carboxylic acids is 1. The smallest absolute Gasteiger partial charge is 0.312 e. The van der Waals surface area contributed by atoms with Crippen LogP contribution in [0.5, 0.6) is 0 Å². The largest absolute Gasteiger partial charge is 0.481 e. The minimum atomic E-state index is -0.754. The second-order valence-electron chi connectivity index (χ2n) is 5.07. The summed E-state index contributed by atoms with van der Waals surface area (Å²) in [6.07, 6.45) is 2.59. The maximum atomic E-state index is 11.3. The van der Waals surface area contributed by atoms with Crippen LogP contribution in [0.25, 0.3) is 10.6 Å². The van der Waals surface area contributed by atoms with Gasteiger partial charge in [-0.15, -0.1) is 11.3 Å². The molecule has 1 aliphatic rings. The van der Waals surface area contributed by atoms with Gasteiger partial charge in [0.1, 0.15) is 5.01 Å². The average molecular weight is 352 g/mol. The Morgan fingerprint density at radius 1 is 1.50 bits per heavy atom. The standard InChI is InChI=1S/C15H14BrNO2S/c1-8-7-9(16)5-6-10(8)14-17-13-11(15(18)19)3-2-4-12(13)20-14/h5-7,11H,2-4H2,1H3,(H,18,19). The Kier molecular flexibility index (Phi) is 3.65. The molecular weight excluding hydrogens is 338 g/mol. The number of aryl methyl sites for hydroxylation is 2. The van der Waals surface area contributed by atoms with Crippen molar-refractivity contribution >= 4 is 33.2 Å². The molecule has 104 valence electrons. The Morgan fingerprint density at radius 3 is 3.00 bits per heavy atom. The van der Waals surface area contributed by atoms with E-state index in [0.717, 1.165) is 44.0 Å². The highest BCUT2D eigenvalue weighted by Crippen LogP contribution is 2.39. The fraction of sp³-hybridized carbons (Fsp3) is 0.333. The van der Waals surface area contributed by atoms with Crippen LogP contribution in [0.3, 0.4) is 0 Å². The molecule has 3 nitrogen and oxygen atoms in total. The zero-order chi connectivity index (χ0) is 14.3. The van der Waals surface area contributed by atoms with Crippen molar-refractivity contribution < 1.29 is 9.90 Å². The van der Waals surface area contributed by atoms with Crippen LogP contribution in [0.15, 0.2) is 22.7 Å². The fourth-order valence-electron chi connectivity index (χ4n) is 2.64. The van der Waals surface area contributed by atoms with Gasteiger partial charge in [0.05, 0.1) is 11.6 Å². The van der Waals surface area contributed by atoms with Gasteiger partial charge < -0.3 is 5.11 Å². The first kappa shape index (κ1) is 13.8. The number of carboxylic acids is 1. The molecule has 0 radical (unpaired) electrons. The number of fused-ring (bicyclic) bond motifs is 1. The molecule has 1 heterocycles. The van der Waals surface area contributed by atoms with E-state index in [0.29, 0.717) is 6.42 Å². The SMILES string of the molecule is Cc1cc(Br)ccc1-c1nc2c(s1)CCCC2C(=O)O. The summed E-state index contributed by atoms with van der Waals surface area (Å²) in [5, 5.41) is 10.3. The highest BCUT2D eigenvalue weighted by atomic mass is 79.9. The Labute approximate surface area is 129 Å². The van der Waals surface area contributed by atoms with Crippen molar-refractivity contribution in [1.29, 1.82) is 0 Å². The number of halogens is 1. The molecular formula is C15H14BrNO2S. The molecule has 0 spiro atoms. The van der Waals surface area contributed by atoms with Crippen molar-refractivity contribution in [3.05, 3.63) is 38.8 Å². The summed E-state index contributed by atoms with van der Waals surface area (Å²) in [5.41, 5.74) is 3.03. The fourth-order valence-corrected chi connectivity index (χ4v) is 4.37. The number of thiazole rings is 1. The Bertz CT molecular complexity index is 681. The minimum Gasteiger partial charge on any atom is -0.481 e. The number of rotatable bonds is 2. The minimum absolute atomic E-state index is 0.431. The predicted octanol–water partition coefficient (Wildman–Crippen LogP) is 4.39. The van der Waals surface area contributed by atoms with Crippen LogP contribution < -0.4 is 0 Å². The van der Waals surface area contributed by atoms with Gasteiger partial charge in [-0.2, -0.15) is 0 Å². The molecule has 2 aromatic rings. The second-order valence-corrected chi connectivity index (χ2v) is 7.07. The van der Waals surface area contributed by atoms with Gasteiger partial charge >= 0.3 is 5.97 Å². The third-order valence-corrected chi connectivity index (χ3v) is 5.33. The highest BCUT2D eigenvalue weighted by molar-refractivity contribution is 9.10. The van der Waals surface area contributed by atoms with E-state index in [4.69, 9.17) is 0 Å². The molecule has 1 atom stereocenters. The predicted molar refractivity (Wildman–Crippen MR) is 83.3 cm³/mol. The van der Waals surface area contributed by atoms with Crippen LogP contribution in [0.4, 0.5) is 0 Å². The van der Waals surface area contributed by atoms with Crippen LogP contribution in [0.2, 0.25) is 0 Å². The summed E-state index contributed by atoms with van der Waals surface area (Å²) < 4.78 is 1.04. The molecule has 1 unspecified atom stereocenters. The van der Waals surface area contributed by atoms with Gasteiger partial charge in [-0.05, 0) is 43.9 Å². The molecule has 5 heteroatoms. The molecule has 0 bridgehead atoms. The van der Waals surface area contributed by atoms with Gasteiger partial charge in [-0.3, -0.25) is 4.79 Å². The number of hydrogen-bond donors (Lipinski definition) is 1. The Morgan fingerprint density at radius 2 is 2.30 bits per heavy atom. The molecule has 0 amide bonds.